The molecule has 1 heterocycles. The van der Waals surface area contributed by atoms with Crippen molar-refractivity contribution < 1.29 is 0 Å². The van der Waals surface area contributed by atoms with Gasteiger partial charge in [-0.1, -0.05) is 19.9 Å². The molecule has 1 fully saturated rings. The van der Waals surface area contributed by atoms with E-state index in [1.807, 2.05) is 6.92 Å². The van der Waals surface area contributed by atoms with Crippen molar-refractivity contribution in [1.82, 2.24) is 0 Å². The molecule has 0 bridgehead atoms. The molecule has 0 spiro atoms. The first-order valence-corrected chi connectivity index (χ1v) is 8.61. The summed E-state index contributed by atoms with van der Waals surface area (Å²) in [5, 5.41) is 0. The maximum Gasteiger partial charge on any atom is 0.0511 e. The maximum atomic E-state index is 5.93. The molecule has 1 aromatic rings. The van der Waals surface area contributed by atoms with E-state index in [4.69, 9.17) is 5.73 Å². The van der Waals surface area contributed by atoms with Crippen LogP contribution >= 0.6 is 27.7 Å². The quantitative estimate of drug-likeness (QED) is 0.873. The van der Waals surface area contributed by atoms with Crippen LogP contribution in [-0.4, -0.2) is 23.6 Å². The van der Waals surface area contributed by atoms with Crippen molar-refractivity contribution in [3.05, 3.63) is 28.2 Å². The first-order chi connectivity index (χ1) is 8.89. The lowest BCUT2D eigenvalue weighted by Crippen LogP contribution is -2.27. The lowest BCUT2D eigenvalue weighted by molar-refractivity contribution is 0.637. The Kier molecular flexibility index (Phi) is 4.85. The summed E-state index contributed by atoms with van der Waals surface area (Å²) in [6, 6.07) is 6.59. The van der Waals surface area contributed by atoms with Gasteiger partial charge in [-0.3, -0.25) is 0 Å². The maximum absolute atomic E-state index is 5.93. The number of hydrogen-bond acceptors (Lipinski definition) is 3. The van der Waals surface area contributed by atoms with E-state index in [2.05, 4.69) is 64.6 Å². The Morgan fingerprint density at radius 1 is 1.37 bits per heavy atom. The number of rotatable bonds is 2. The Morgan fingerprint density at radius 3 is 2.74 bits per heavy atom. The minimum absolute atomic E-state index is 0.0870. The van der Waals surface area contributed by atoms with Crippen molar-refractivity contribution in [2.24, 2.45) is 5.73 Å². The molecule has 2 rings (SSSR count). The molecular weight excluding hydrogens is 320 g/mol. The van der Waals surface area contributed by atoms with E-state index in [1.165, 1.54) is 23.4 Å². The van der Waals surface area contributed by atoms with Crippen LogP contribution in [0.15, 0.2) is 22.7 Å². The predicted molar refractivity (Wildman–Crippen MR) is 90.1 cm³/mol. The van der Waals surface area contributed by atoms with Gasteiger partial charge in [0.25, 0.3) is 0 Å². The SMILES string of the molecule is CC(N)c1ccc(N2CCSC(C)(C)CC2)c(Br)c1. The van der Waals surface area contributed by atoms with Gasteiger partial charge in [0, 0.05) is 34.1 Å². The Bertz CT molecular complexity index is 446. The van der Waals surface area contributed by atoms with Crippen LogP contribution in [0.25, 0.3) is 0 Å². The van der Waals surface area contributed by atoms with Crippen molar-refractivity contribution in [2.75, 3.05) is 23.7 Å². The zero-order chi connectivity index (χ0) is 14.0. The summed E-state index contributed by atoms with van der Waals surface area (Å²) in [6.07, 6.45) is 1.22. The van der Waals surface area contributed by atoms with E-state index in [0.717, 1.165) is 17.6 Å². The summed E-state index contributed by atoms with van der Waals surface area (Å²) in [4.78, 5) is 2.48. The second kappa shape index (κ2) is 6.06. The van der Waals surface area contributed by atoms with Crippen LogP contribution in [-0.2, 0) is 0 Å². The number of anilines is 1. The fourth-order valence-electron chi connectivity index (χ4n) is 2.32. The third-order valence-corrected chi connectivity index (χ3v) is 5.68. The van der Waals surface area contributed by atoms with Crippen molar-refractivity contribution in [3.8, 4) is 0 Å². The molecule has 1 atom stereocenters. The van der Waals surface area contributed by atoms with Gasteiger partial charge in [0.2, 0.25) is 0 Å². The Balaban J connectivity index is 2.18. The van der Waals surface area contributed by atoms with Gasteiger partial charge in [0.15, 0.2) is 0 Å². The molecule has 106 valence electrons. The standard InChI is InChI=1S/C15H23BrN2S/c1-11(17)12-4-5-14(13(16)10-12)18-7-6-15(2,3)19-9-8-18/h4-5,10-11H,6-9,17H2,1-3H3. The van der Waals surface area contributed by atoms with E-state index >= 15 is 0 Å². The average molecular weight is 343 g/mol. The van der Waals surface area contributed by atoms with Gasteiger partial charge in [0.1, 0.15) is 0 Å². The van der Waals surface area contributed by atoms with Gasteiger partial charge in [-0.05, 0) is 47.0 Å². The van der Waals surface area contributed by atoms with Gasteiger partial charge < -0.3 is 10.6 Å². The second-order valence-corrected chi connectivity index (χ2v) is 8.50. The third kappa shape index (κ3) is 3.89. The molecular formula is C15H23BrN2S. The molecule has 1 unspecified atom stereocenters. The molecule has 2 N–H and O–H groups in total. The van der Waals surface area contributed by atoms with Crippen molar-refractivity contribution in [1.29, 1.82) is 0 Å². The number of thioether (sulfide) groups is 1. The number of nitrogens with two attached hydrogens (primary N) is 1. The monoisotopic (exact) mass is 342 g/mol. The van der Waals surface area contributed by atoms with Crippen molar-refractivity contribution in [2.45, 2.75) is 38.0 Å². The zero-order valence-electron chi connectivity index (χ0n) is 11.9. The smallest absolute Gasteiger partial charge is 0.0511 e. The lowest BCUT2D eigenvalue weighted by Gasteiger charge is -2.25. The number of hydrogen-bond donors (Lipinski definition) is 1. The highest BCUT2D eigenvalue weighted by Crippen LogP contribution is 2.35. The zero-order valence-corrected chi connectivity index (χ0v) is 14.4. The Labute approximate surface area is 129 Å². The number of nitrogens with zero attached hydrogens (tertiary/aromatic N) is 1. The first-order valence-electron chi connectivity index (χ1n) is 6.83. The summed E-state index contributed by atoms with van der Waals surface area (Å²) in [7, 11) is 0. The van der Waals surface area contributed by atoms with Gasteiger partial charge in [-0.2, -0.15) is 11.8 Å². The third-order valence-electron chi connectivity index (χ3n) is 3.68. The van der Waals surface area contributed by atoms with Crippen LogP contribution in [0.2, 0.25) is 0 Å². The van der Waals surface area contributed by atoms with Gasteiger partial charge in [-0.15, -0.1) is 0 Å². The first kappa shape index (κ1) is 15.2. The summed E-state index contributed by atoms with van der Waals surface area (Å²) < 4.78 is 1.56. The molecule has 1 aliphatic heterocycles. The average Bonchev–Trinajstić information content (AvgIpc) is 2.50. The molecule has 19 heavy (non-hydrogen) atoms. The van der Waals surface area contributed by atoms with Crippen LogP contribution in [0.4, 0.5) is 5.69 Å². The minimum atomic E-state index is 0.0870. The number of benzene rings is 1. The van der Waals surface area contributed by atoms with E-state index in [9.17, 15) is 0 Å². The largest absolute Gasteiger partial charge is 0.370 e. The molecule has 1 aliphatic rings. The minimum Gasteiger partial charge on any atom is -0.370 e. The molecule has 1 saturated heterocycles. The van der Waals surface area contributed by atoms with E-state index in [0.29, 0.717) is 4.75 Å². The molecule has 0 aromatic heterocycles. The highest BCUT2D eigenvalue weighted by Gasteiger charge is 2.24. The summed E-state index contributed by atoms with van der Waals surface area (Å²) in [6.45, 7) is 8.94. The van der Waals surface area contributed by atoms with Gasteiger partial charge in [0.05, 0.1) is 5.69 Å². The highest BCUT2D eigenvalue weighted by molar-refractivity contribution is 9.10. The second-order valence-electron chi connectivity index (χ2n) is 5.84. The van der Waals surface area contributed by atoms with Crippen LogP contribution in [0, 0.1) is 0 Å². The van der Waals surface area contributed by atoms with Gasteiger partial charge in [-0.25, -0.2) is 0 Å². The molecule has 0 saturated carbocycles. The van der Waals surface area contributed by atoms with Crippen LogP contribution in [0.5, 0.6) is 0 Å². The van der Waals surface area contributed by atoms with Crippen LogP contribution in [0.3, 0.4) is 0 Å². The fourth-order valence-corrected chi connectivity index (χ4v) is 4.07. The van der Waals surface area contributed by atoms with Crippen LogP contribution < -0.4 is 10.6 Å². The summed E-state index contributed by atoms with van der Waals surface area (Å²) in [5.41, 5.74) is 8.41. The van der Waals surface area contributed by atoms with E-state index < -0.39 is 0 Å². The fraction of sp³-hybridized carbons (Fsp3) is 0.600. The predicted octanol–water partition coefficient (Wildman–Crippen LogP) is 4.19. The molecule has 0 radical (unpaired) electrons. The Morgan fingerprint density at radius 2 is 2.11 bits per heavy atom. The Hall–Kier alpha value is -0.190. The molecule has 1 aromatic carbocycles. The van der Waals surface area contributed by atoms with Crippen LogP contribution in [0.1, 0.15) is 38.8 Å². The van der Waals surface area contributed by atoms with E-state index in [-0.39, 0.29) is 6.04 Å². The topological polar surface area (TPSA) is 29.3 Å². The summed E-state index contributed by atoms with van der Waals surface area (Å²) in [5.74, 6) is 1.19. The highest BCUT2D eigenvalue weighted by atomic mass is 79.9. The van der Waals surface area contributed by atoms with Gasteiger partial charge >= 0.3 is 0 Å². The van der Waals surface area contributed by atoms with Crippen molar-refractivity contribution in [3.63, 3.8) is 0 Å². The lowest BCUT2D eigenvalue weighted by atomic mass is 10.1. The molecule has 2 nitrogen and oxygen atoms in total. The van der Waals surface area contributed by atoms with Crippen molar-refractivity contribution >= 4 is 33.4 Å². The molecule has 4 heteroatoms. The number of halogens is 1. The molecule has 0 aliphatic carbocycles. The summed E-state index contributed by atoms with van der Waals surface area (Å²) >= 11 is 5.78. The van der Waals surface area contributed by atoms with E-state index in [1.54, 1.807) is 0 Å². The normalized spacial score (nSPS) is 21.0. The molecule has 0 amide bonds.